The van der Waals surface area contributed by atoms with Gasteiger partial charge in [-0.2, -0.15) is 0 Å². The van der Waals surface area contributed by atoms with Crippen molar-refractivity contribution in [3.63, 3.8) is 0 Å². The third kappa shape index (κ3) is 5.08. The number of fused-ring (bicyclic) bond motifs is 2. The summed E-state index contributed by atoms with van der Waals surface area (Å²) in [5.41, 5.74) is 2.43. The number of anilines is 1. The molecule has 0 bridgehead atoms. The number of hydrogen-bond donors (Lipinski definition) is 2. The van der Waals surface area contributed by atoms with Crippen molar-refractivity contribution in [2.24, 2.45) is 0 Å². The van der Waals surface area contributed by atoms with Crippen LogP contribution in [0.2, 0.25) is 0 Å². The SMILES string of the molecule is COc1ccc2ncc(=O)n(CCN3CCC(NCc4ccc5c(n4)NC(=O)CS5)CC3)c2c1. The van der Waals surface area contributed by atoms with Crippen LogP contribution in [0.15, 0.2) is 46.2 Å². The fourth-order valence-electron chi connectivity index (χ4n) is 4.45. The zero-order valence-electron chi connectivity index (χ0n) is 19.1. The van der Waals surface area contributed by atoms with Crippen molar-refractivity contribution < 1.29 is 9.53 Å². The van der Waals surface area contributed by atoms with Crippen molar-refractivity contribution in [2.45, 2.75) is 36.9 Å². The number of amides is 1. The van der Waals surface area contributed by atoms with Crippen LogP contribution >= 0.6 is 11.8 Å². The number of carbonyl (C=O) groups is 1. The number of likely N-dealkylation sites (tertiary alicyclic amines) is 1. The van der Waals surface area contributed by atoms with Gasteiger partial charge >= 0.3 is 0 Å². The Labute approximate surface area is 201 Å². The van der Waals surface area contributed by atoms with Gasteiger partial charge in [-0.05, 0) is 50.2 Å². The number of aromatic nitrogens is 3. The number of nitrogens with one attached hydrogen (secondary N) is 2. The van der Waals surface area contributed by atoms with E-state index in [2.05, 4.69) is 25.5 Å². The van der Waals surface area contributed by atoms with E-state index < -0.39 is 0 Å². The molecule has 9 nitrogen and oxygen atoms in total. The predicted molar refractivity (Wildman–Crippen MR) is 132 cm³/mol. The lowest BCUT2D eigenvalue weighted by Gasteiger charge is -2.32. The highest BCUT2D eigenvalue weighted by Crippen LogP contribution is 2.29. The number of nitrogens with zero attached hydrogens (tertiary/aromatic N) is 4. The summed E-state index contributed by atoms with van der Waals surface area (Å²) in [7, 11) is 1.62. The number of hydrogen-bond acceptors (Lipinski definition) is 8. The zero-order valence-corrected chi connectivity index (χ0v) is 19.9. The molecule has 178 valence electrons. The van der Waals surface area contributed by atoms with Gasteiger partial charge in [0.15, 0.2) is 0 Å². The van der Waals surface area contributed by atoms with Gasteiger partial charge in [0.1, 0.15) is 11.6 Å². The average Bonchev–Trinajstić information content (AvgIpc) is 2.87. The predicted octanol–water partition coefficient (Wildman–Crippen LogP) is 2.10. The molecule has 2 aromatic heterocycles. The Morgan fingerprint density at radius 1 is 1.18 bits per heavy atom. The molecule has 5 rings (SSSR count). The van der Waals surface area contributed by atoms with E-state index in [4.69, 9.17) is 4.74 Å². The number of ether oxygens (including phenoxy) is 1. The lowest BCUT2D eigenvalue weighted by atomic mass is 10.0. The second-order valence-electron chi connectivity index (χ2n) is 8.59. The van der Waals surface area contributed by atoms with E-state index in [1.807, 2.05) is 30.3 Å². The molecule has 10 heteroatoms. The zero-order chi connectivity index (χ0) is 23.5. The van der Waals surface area contributed by atoms with Crippen LogP contribution in [0.25, 0.3) is 11.0 Å². The van der Waals surface area contributed by atoms with E-state index in [0.717, 1.165) is 59.8 Å². The van der Waals surface area contributed by atoms with Gasteiger partial charge in [-0.25, -0.2) is 9.97 Å². The number of benzene rings is 1. The molecule has 0 radical (unpaired) electrons. The molecule has 2 aliphatic rings. The number of rotatable bonds is 7. The molecule has 1 amide bonds. The van der Waals surface area contributed by atoms with Crippen molar-refractivity contribution in [3.8, 4) is 5.75 Å². The van der Waals surface area contributed by atoms with Gasteiger partial charge in [0.2, 0.25) is 5.91 Å². The van der Waals surface area contributed by atoms with Gasteiger partial charge in [0.25, 0.3) is 5.56 Å². The summed E-state index contributed by atoms with van der Waals surface area (Å²) in [5, 5.41) is 6.46. The molecular weight excluding hydrogens is 452 g/mol. The number of methoxy groups -OCH3 is 1. The Morgan fingerprint density at radius 2 is 2.03 bits per heavy atom. The van der Waals surface area contributed by atoms with E-state index in [9.17, 15) is 9.59 Å². The highest BCUT2D eigenvalue weighted by atomic mass is 32.2. The standard InChI is InChI=1S/C24H28N6O3S/c1-33-18-3-4-19-20(12-18)30(23(32)14-26-19)11-10-29-8-6-16(7-9-29)25-13-17-2-5-21-24(27-17)28-22(31)15-34-21/h2-5,12,14,16,25H,6-11,13,15H2,1H3,(H,27,28,31). The van der Waals surface area contributed by atoms with Crippen molar-refractivity contribution >= 4 is 34.5 Å². The Bertz CT molecular complexity index is 1260. The van der Waals surface area contributed by atoms with Crippen LogP contribution < -0.4 is 20.9 Å². The molecule has 34 heavy (non-hydrogen) atoms. The Kier molecular flexibility index (Phi) is 6.80. The molecule has 1 saturated heterocycles. The van der Waals surface area contributed by atoms with E-state index in [1.54, 1.807) is 11.7 Å². The summed E-state index contributed by atoms with van der Waals surface area (Å²) < 4.78 is 7.11. The van der Waals surface area contributed by atoms with Crippen molar-refractivity contribution in [2.75, 3.05) is 37.8 Å². The van der Waals surface area contributed by atoms with Crippen LogP contribution in [0.1, 0.15) is 18.5 Å². The van der Waals surface area contributed by atoms with Crippen LogP contribution in [0.4, 0.5) is 5.82 Å². The largest absolute Gasteiger partial charge is 0.497 e. The van der Waals surface area contributed by atoms with Gasteiger partial charge in [0, 0.05) is 31.7 Å². The van der Waals surface area contributed by atoms with E-state index in [-0.39, 0.29) is 11.5 Å². The minimum Gasteiger partial charge on any atom is -0.497 e. The molecule has 0 unspecified atom stereocenters. The van der Waals surface area contributed by atoms with Gasteiger partial charge < -0.3 is 24.8 Å². The molecule has 0 saturated carbocycles. The second kappa shape index (κ2) is 10.1. The maximum atomic E-state index is 12.5. The topological polar surface area (TPSA) is 101 Å². The highest BCUT2D eigenvalue weighted by Gasteiger charge is 2.20. The minimum atomic E-state index is -0.0931. The lowest BCUT2D eigenvalue weighted by Crippen LogP contribution is -2.43. The summed E-state index contributed by atoms with van der Waals surface area (Å²) in [6, 6.07) is 10.1. The van der Waals surface area contributed by atoms with Crippen LogP contribution in [-0.2, 0) is 17.9 Å². The molecule has 0 aliphatic carbocycles. The monoisotopic (exact) mass is 480 g/mol. The smallest absolute Gasteiger partial charge is 0.269 e. The van der Waals surface area contributed by atoms with Crippen LogP contribution in [-0.4, -0.2) is 63.9 Å². The van der Waals surface area contributed by atoms with Gasteiger partial charge in [-0.15, -0.1) is 11.8 Å². The first kappa shape index (κ1) is 22.8. The minimum absolute atomic E-state index is 0.00337. The van der Waals surface area contributed by atoms with E-state index in [0.29, 0.717) is 30.7 Å². The summed E-state index contributed by atoms with van der Waals surface area (Å²) in [6.45, 7) is 4.06. The van der Waals surface area contributed by atoms with Crippen molar-refractivity contribution in [1.29, 1.82) is 0 Å². The number of pyridine rings is 1. The highest BCUT2D eigenvalue weighted by molar-refractivity contribution is 8.00. The fraction of sp³-hybridized carbons (Fsp3) is 0.417. The number of carbonyl (C=O) groups excluding carboxylic acids is 1. The third-order valence-corrected chi connectivity index (χ3v) is 7.43. The maximum Gasteiger partial charge on any atom is 0.269 e. The molecular formula is C24H28N6O3S. The van der Waals surface area contributed by atoms with Crippen molar-refractivity contribution in [1.82, 2.24) is 24.8 Å². The second-order valence-corrected chi connectivity index (χ2v) is 9.60. The first-order chi connectivity index (χ1) is 16.6. The molecule has 0 spiro atoms. The van der Waals surface area contributed by atoms with Gasteiger partial charge in [-0.1, -0.05) is 0 Å². The van der Waals surface area contributed by atoms with Crippen molar-refractivity contribution in [3.05, 3.63) is 52.6 Å². The lowest BCUT2D eigenvalue weighted by molar-refractivity contribution is -0.113. The molecule has 1 fully saturated rings. The van der Waals surface area contributed by atoms with E-state index in [1.165, 1.54) is 18.0 Å². The van der Waals surface area contributed by atoms with Crippen LogP contribution in [0.3, 0.4) is 0 Å². The molecule has 4 heterocycles. The fourth-order valence-corrected chi connectivity index (χ4v) is 5.21. The Hall–Kier alpha value is -2.95. The summed E-state index contributed by atoms with van der Waals surface area (Å²) in [5.74, 6) is 1.84. The molecule has 2 aliphatic heterocycles. The van der Waals surface area contributed by atoms with Crippen LogP contribution in [0, 0.1) is 0 Å². The Balaban J connectivity index is 1.13. The maximum absolute atomic E-state index is 12.5. The molecule has 2 N–H and O–H groups in total. The summed E-state index contributed by atoms with van der Waals surface area (Å²) in [4.78, 5) is 36.4. The molecule has 1 aromatic carbocycles. The van der Waals surface area contributed by atoms with Gasteiger partial charge in [-0.3, -0.25) is 9.59 Å². The number of thioether (sulfide) groups is 1. The normalized spacial score (nSPS) is 16.9. The average molecular weight is 481 g/mol. The Morgan fingerprint density at radius 3 is 2.85 bits per heavy atom. The molecule has 0 atom stereocenters. The third-order valence-electron chi connectivity index (χ3n) is 6.39. The van der Waals surface area contributed by atoms with E-state index >= 15 is 0 Å². The number of piperidine rings is 1. The first-order valence-electron chi connectivity index (χ1n) is 11.5. The first-order valence-corrected chi connectivity index (χ1v) is 12.5. The summed E-state index contributed by atoms with van der Waals surface area (Å²) >= 11 is 1.53. The van der Waals surface area contributed by atoms with Crippen LogP contribution in [0.5, 0.6) is 5.75 Å². The van der Waals surface area contributed by atoms with Gasteiger partial charge in [0.05, 0.1) is 40.7 Å². The molecule has 3 aromatic rings. The summed E-state index contributed by atoms with van der Waals surface area (Å²) in [6.07, 6.45) is 3.47. The quantitative estimate of drug-likeness (QED) is 0.530.